The van der Waals surface area contributed by atoms with Crippen LogP contribution >= 0.6 is 11.6 Å². The molecule has 1 heterocycles. The molecule has 0 saturated heterocycles. The highest BCUT2D eigenvalue weighted by atomic mass is 35.5. The zero-order valence-electron chi connectivity index (χ0n) is 9.37. The average molecular weight is 253 g/mol. The van der Waals surface area contributed by atoms with Crippen molar-refractivity contribution in [1.29, 1.82) is 0 Å². The lowest BCUT2D eigenvalue weighted by Gasteiger charge is -2.07. The Morgan fingerprint density at radius 3 is 2.76 bits per heavy atom. The smallest absolute Gasteiger partial charge is 0.167 e. The Hall–Kier alpha value is -1.68. The molecule has 0 aliphatic heterocycles. The van der Waals surface area contributed by atoms with Crippen LogP contribution in [0.2, 0.25) is 5.02 Å². The minimum atomic E-state index is -0.546. The zero-order valence-corrected chi connectivity index (χ0v) is 10.1. The van der Waals surface area contributed by atoms with Gasteiger partial charge in [0, 0.05) is 0 Å². The minimum absolute atomic E-state index is 0.0294. The Balaban J connectivity index is 2.62. The highest BCUT2D eigenvalue weighted by Gasteiger charge is 2.15. The molecule has 0 bridgehead atoms. The van der Waals surface area contributed by atoms with E-state index < -0.39 is 5.82 Å². The summed E-state index contributed by atoms with van der Waals surface area (Å²) in [5.74, 6) is -0.647. The molecule has 0 fully saturated rings. The Morgan fingerprint density at radius 1 is 1.47 bits per heavy atom. The van der Waals surface area contributed by atoms with Crippen molar-refractivity contribution in [2.75, 3.05) is 0 Å². The maximum atomic E-state index is 13.8. The van der Waals surface area contributed by atoms with Crippen LogP contribution in [0.5, 0.6) is 0 Å². The van der Waals surface area contributed by atoms with Gasteiger partial charge in [-0.05, 0) is 26.0 Å². The molecule has 0 atom stereocenters. The molecule has 0 amide bonds. The topological polar surface area (TPSA) is 34.9 Å². The number of nitrogens with zero attached hydrogens (tertiary/aromatic N) is 2. The van der Waals surface area contributed by atoms with E-state index in [1.165, 1.54) is 23.9 Å². The fraction of sp³-hybridized carbons (Fsp3) is 0.167. The summed E-state index contributed by atoms with van der Waals surface area (Å²) in [6.45, 7) is 3.16. The van der Waals surface area contributed by atoms with Gasteiger partial charge in [0.25, 0.3) is 0 Å². The molecule has 0 saturated carbocycles. The van der Waals surface area contributed by atoms with Crippen molar-refractivity contribution in [3.05, 3.63) is 46.5 Å². The Kier molecular flexibility index (Phi) is 2.98. The fourth-order valence-corrected chi connectivity index (χ4v) is 1.82. The van der Waals surface area contributed by atoms with Crippen LogP contribution in [0.25, 0.3) is 5.69 Å². The molecule has 88 valence electrons. The number of rotatable bonds is 2. The molecular weight excluding hydrogens is 243 g/mol. The van der Waals surface area contributed by atoms with E-state index in [0.29, 0.717) is 11.3 Å². The molecule has 3 nitrogen and oxygen atoms in total. The van der Waals surface area contributed by atoms with Gasteiger partial charge in [-0.15, -0.1) is 0 Å². The molecule has 17 heavy (non-hydrogen) atoms. The molecule has 0 radical (unpaired) electrons. The van der Waals surface area contributed by atoms with Crippen LogP contribution in [0, 0.1) is 12.7 Å². The number of benzene rings is 1. The van der Waals surface area contributed by atoms with Gasteiger partial charge >= 0.3 is 0 Å². The largest absolute Gasteiger partial charge is 0.294 e. The molecule has 0 aliphatic rings. The van der Waals surface area contributed by atoms with Gasteiger partial charge in [-0.2, -0.15) is 5.10 Å². The summed E-state index contributed by atoms with van der Waals surface area (Å²) < 4.78 is 15.2. The molecule has 0 N–H and O–H groups in total. The van der Waals surface area contributed by atoms with E-state index in [0.717, 1.165) is 0 Å². The highest BCUT2D eigenvalue weighted by Crippen LogP contribution is 2.22. The minimum Gasteiger partial charge on any atom is -0.294 e. The molecule has 0 unspecified atom stereocenters. The van der Waals surface area contributed by atoms with Crippen molar-refractivity contribution in [2.45, 2.75) is 13.8 Å². The summed E-state index contributed by atoms with van der Waals surface area (Å²) in [7, 11) is 0. The molecule has 5 heteroatoms. The van der Waals surface area contributed by atoms with E-state index in [9.17, 15) is 9.18 Å². The second kappa shape index (κ2) is 4.30. The molecule has 2 rings (SSSR count). The van der Waals surface area contributed by atoms with Crippen LogP contribution in [-0.2, 0) is 0 Å². The third-order valence-electron chi connectivity index (χ3n) is 2.55. The van der Waals surface area contributed by atoms with Gasteiger partial charge in [0.05, 0.1) is 22.5 Å². The zero-order chi connectivity index (χ0) is 12.6. The average Bonchev–Trinajstić information content (AvgIpc) is 2.64. The van der Waals surface area contributed by atoms with Crippen LogP contribution in [-0.4, -0.2) is 15.6 Å². The van der Waals surface area contributed by atoms with Crippen LogP contribution in [0.15, 0.2) is 24.4 Å². The molecular formula is C12H10ClFN2O. The monoisotopic (exact) mass is 252 g/mol. The van der Waals surface area contributed by atoms with Gasteiger partial charge in [-0.3, -0.25) is 4.79 Å². The van der Waals surface area contributed by atoms with E-state index in [2.05, 4.69) is 5.10 Å². The van der Waals surface area contributed by atoms with Crippen LogP contribution in [0.1, 0.15) is 23.0 Å². The summed E-state index contributed by atoms with van der Waals surface area (Å²) in [6, 6.07) is 4.66. The van der Waals surface area contributed by atoms with E-state index in [4.69, 9.17) is 11.6 Å². The quantitative estimate of drug-likeness (QED) is 0.770. The second-order valence-corrected chi connectivity index (χ2v) is 4.09. The van der Waals surface area contributed by atoms with Crippen molar-refractivity contribution in [3.8, 4) is 5.69 Å². The lowest BCUT2D eigenvalue weighted by atomic mass is 10.2. The molecule has 1 aromatic heterocycles. The summed E-state index contributed by atoms with van der Waals surface area (Å²) in [5.41, 5.74) is 1.31. The Morgan fingerprint density at radius 2 is 2.18 bits per heavy atom. The number of hydrogen-bond donors (Lipinski definition) is 0. The van der Waals surface area contributed by atoms with Gasteiger partial charge in [-0.25, -0.2) is 9.07 Å². The first-order valence-electron chi connectivity index (χ1n) is 5.02. The van der Waals surface area contributed by atoms with Gasteiger partial charge in [0.15, 0.2) is 11.6 Å². The first-order valence-corrected chi connectivity index (χ1v) is 5.40. The second-order valence-electron chi connectivity index (χ2n) is 3.68. The molecule has 1 aromatic carbocycles. The summed E-state index contributed by atoms with van der Waals surface area (Å²) in [6.07, 6.45) is 1.43. The number of halogens is 2. The summed E-state index contributed by atoms with van der Waals surface area (Å²) in [5, 5.41) is 4.04. The number of hydrogen-bond acceptors (Lipinski definition) is 2. The Bertz CT molecular complexity index is 592. The van der Waals surface area contributed by atoms with Gasteiger partial charge in [0.2, 0.25) is 0 Å². The lowest BCUT2D eigenvalue weighted by Crippen LogP contribution is -2.03. The van der Waals surface area contributed by atoms with Gasteiger partial charge < -0.3 is 0 Å². The van der Waals surface area contributed by atoms with Crippen molar-refractivity contribution in [1.82, 2.24) is 9.78 Å². The maximum Gasteiger partial charge on any atom is 0.167 e. The third-order valence-corrected chi connectivity index (χ3v) is 2.84. The van der Waals surface area contributed by atoms with Gasteiger partial charge in [-0.1, -0.05) is 17.7 Å². The predicted molar refractivity (Wildman–Crippen MR) is 63.3 cm³/mol. The first kappa shape index (κ1) is 11.8. The van der Waals surface area contributed by atoms with Crippen molar-refractivity contribution >= 4 is 17.4 Å². The van der Waals surface area contributed by atoms with Crippen LogP contribution < -0.4 is 0 Å². The third kappa shape index (κ3) is 1.96. The molecule has 2 aromatic rings. The number of Topliss-reactive ketones (excluding diaryl/α,β-unsaturated/α-hetero) is 1. The SMILES string of the molecule is CC(=O)c1cnn(-c2cccc(Cl)c2F)c1C. The molecule has 0 aliphatic carbocycles. The van der Waals surface area contributed by atoms with E-state index >= 15 is 0 Å². The van der Waals surface area contributed by atoms with Crippen LogP contribution in [0.4, 0.5) is 4.39 Å². The maximum absolute atomic E-state index is 13.8. The lowest BCUT2D eigenvalue weighted by molar-refractivity contribution is 0.101. The van der Waals surface area contributed by atoms with Crippen LogP contribution in [0.3, 0.4) is 0 Å². The standard InChI is InChI=1S/C12H10ClFN2O/c1-7-9(8(2)17)6-15-16(7)11-5-3-4-10(13)12(11)14/h3-6H,1-2H3. The van der Waals surface area contributed by atoms with E-state index in [-0.39, 0.29) is 16.5 Å². The van der Waals surface area contributed by atoms with E-state index in [1.54, 1.807) is 19.1 Å². The number of carbonyl (C=O) groups excluding carboxylic acids is 1. The number of aromatic nitrogens is 2. The summed E-state index contributed by atoms with van der Waals surface area (Å²) >= 11 is 5.70. The van der Waals surface area contributed by atoms with Crippen molar-refractivity contribution < 1.29 is 9.18 Å². The van der Waals surface area contributed by atoms with E-state index in [1.807, 2.05) is 0 Å². The number of ketones is 1. The molecule has 0 spiro atoms. The predicted octanol–water partition coefficient (Wildman–Crippen LogP) is 3.18. The number of carbonyl (C=O) groups is 1. The first-order chi connectivity index (χ1) is 8.02. The normalized spacial score (nSPS) is 10.6. The van der Waals surface area contributed by atoms with Crippen molar-refractivity contribution in [3.63, 3.8) is 0 Å². The summed E-state index contributed by atoms with van der Waals surface area (Å²) in [4.78, 5) is 11.3. The van der Waals surface area contributed by atoms with Crippen molar-refractivity contribution in [2.24, 2.45) is 0 Å². The fourth-order valence-electron chi connectivity index (χ4n) is 1.65. The highest BCUT2D eigenvalue weighted by molar-refractivity contribution is 6.30. The van der Waals surface area contributed by atoms with Gasteiger partial charge in [0.1, 0.15) is 5.69 Å². The Labute approximate surface area is 103 Å².